The SMILES string of the molecule is CCc1ccc(CN(C)C(C(=O)NC2CC2)c2ccccc2)cc1. The fourth-order valence-electron chi connectivity index (χ4n) is 3.01. The molecule has 1 unspecified atom stereocenters. The van der Waals surface area contributed by atoms with Crippen molar-refractivity contribution in [3.05, 3.63) is 71.3 Å². The van der Waals surface area contributed by atoms with E-state index in [4.69, 9.17) is 0 Å². The molecule has 0 heterocycles. The van der Waals surface area contributed by atoms with Gasteiger partial charge in [-0.05, 0) is 43.0 Å². The van der Waals surface area contributed by atoms with E-state index in [1.807, 2.05) is 37.4 Å². The van der Waals surface area contributed by atoms with Crippen molar-refractivity contribution in [1.82, 2.24) is 10.2 Å². The zero-order valence-electron chi connectivity index (χ0n) is 14.5. The van der Waals surface area contributed by atoms with Gasteiger partial charge >= 0.3 is 0 Å². The van der Waals surface area contributed by atoms with Gasteiger partial charge in [0.05, 0.1) is 0 Å². The minimum absolute atomic E-state index is 0.108. The molecule has 2 aromatic rings. The van der Waals surface area contributed by atoms with Gasteiger partial charge in [0.2, 0.25) is 5.91 Å². The lowest BCUT2D eigenvalue weighted by Gasteiger charge is -2.27. The van der Waals surface area contributed by atoms with Gasteiger partial charge in [0.15, 0.2) is 0 Å². The molecular formula is C21H26N2O. The van der Waals surface area contributed by atoms with Crippen LogP contribution < -0.4 is 5.32 Å². The van der Waals surface area contributed by atoms with Crippen LogP contribution in [-0.4, -0.2) is 23.9 Å². The van der Waals surface area contributed by atoms with Crippen molar-refractivity contribution in [1.29, 1.82) is 0 Å². The molecule has 3 heteroatoms. The lowest BCUT2D eigenvalue weighted by Crippen LogP contribution is -2.39. The first kappa shape index (κ1) is 16.7. The molecule has 126 valence electrons. The number of amides is 1. The standard InChI is InChI=1S/C21H26N2O/c1-3-16-9-11-17(12-10-16)15-23(2)20(18-7-5-4-6-8-18)21(24)22-19-13-14-19/h4-12,19-20H,3,13-15H2,1-2H3,(H,22,24). The molecule has 1 saturated carbocycles. The van der Waals surface area contributed by atoms with Gasteiger partial charge in [0.1, 0.15) is 6.04 Å². The number of carbonyl (C=O) groups is 1. The lowest BCUT2D eigenvalue weighted by molar-refractivity contribution is -0.126. The summed E-state index contributed by atoms with van der Waals surface area (Å²) in [5, 5.41) is 3.16. The molecule has 0 aliphatic heterocycles. The van der Waals surface area contributed by atoms with Crippen LogP contribution in [0.4, 0.5) is 0 Å². The van der Waals surface area contributed by atoms with Crippen LogP contribution in [0.2, 0.25) is 0 Å². The molecule has 0 bridgehead atoms. The first-order valence-corrected chi connectivity index (χ1v) is 8.80. The Kier molecular flexibility index (Phi) is 5.31. The summed E-state index contributed by atoms with van der Waals surface area (Å²) in [4.78, 5) is 14.9. The highest BCUT2D eigenvalue weighted by molar-refractivity contribution is 5.83. The van der Waals surface area contributed by atoms with E-state index >= 15 is 0 Å². The largest absolute Gasteiger partial charge is 0.352 e. The highest BCUT2D eigenvalue weighted by Gasteiger charge is 2.30. The smallest absolute Gasteiger partial charge is 0.242 e. The summed E-state index contributed by atoms with van der Waals surface area (Å²) in [5.74, 6) is 0.108. The number of hydrogen-bond donors (Lipinski definition) is 1. The van der Waals surface area contributed by atoms with Gasteiger partial charge < -0.3 is 5.32 Å². The third-order valence-electron chi connectivity index (χ3n) is 4.59. The number of aryl methyl sites for hydroxylation is 1. The average molecular weight is 322 g/mol. The third kappa shape index (κ3) is 4.24. The van der Waals surface area contributed by atoms with Gasteiger partial charge in [-0.3, -0.25) is 9.69 Å². The van der Waals surface area contributed by atoms with Crippen molar-refractivity contribution < 1.29 is 4.79 Å². The van der Waals surface area contributed by atoms with E-state index in [9.17, 15) is 4.79 Å². The fourth-order valence-corrected chi connectivity index (χ4v) is 3.01. The Bertz CT molecular complexity index is 662. The molecule has 24 heavy (non-hydrogen) atoms. The van der Waals surface area contributed by atoms with Crippen LogP contribution in [0, 0.1) is 0 Å². The van der Waals surface area contributed by atoms with Gasteiger partial charge in [0, 0.05) is 12.6 Å². The molecule has 0 radical (unpaired) electrons. The molecule has 1 atom stereocenters. The highest BCUT2D eigenvalue weighted by atomic mass is 16.2. The summed E-state index contributed by atoms with van der Waals surface area (Å²) < 4.78 is 0. The molecule has 0 saturated heterocycles. The van der Waals surface area contributed by atoms with E-state index in [2.05, 4.69) is 41.4 Å². The van der Waals surface area contributed by atoms with E-state index in [0.29, 0.717) is 6.04 Å². The van der Waals surface area contributed by atoms with Crippen LogP contribution in [0.3, 0.4) is 0 Å². The van der Waals surface area contributed by atoms with Crippen molar-refractivity contribution in [2.75, 3.05) is 7.05 Å². The Labute approximate surface area is 144 Å². The number of hydrogen-bond acceptors (Lipinski definition) is 2. The highest BCUT2D eigenvalue weighted by Crippen LogP contribution is 2.25. The molecular weight excluding hydrogens is 296 g/mol. The van der Waals surface area contributed by atoms with Crippen LogP contribution in [0.15, 0.2) is 54.6 Å². The second kappa shape index (κ2) is 7.63. The number of likely N-dealkylation sites (N-methyl/N-ethyl adjacent to an activating group) is 1. The first-order chi connectivity index (χ1) is 11.7. The van der Waals surface area contributed by atoms with Crippen LogP contribution in [0.25, 0.3) is 0 Å². The van der Waals surface area contributed by atoms with Crippen molar-refractivity contribution in [2.24, 2.45) is 0 Å². The number of benzene rings is 2. The molecule has 0 aromatic heterocycles. The van der Waals surface area contributed by atoms with Gasteiger partial charge in [0.25, 0.3) is 0 Å². The normalized spacial score (nSPS) is 15.3. The maximum atomic E-state index is 12.8. The molecule has 3 rings (SSSR count). The minimum atomic E-state index is -0.252. The Hall–Kier alpha value is -2.13. The summed E-state index contributed by atoms with van der Waals surface area (Å²) in [5.41, 5.74) is 3.62. The van der Waals surface area contributed by atoms with Crippen LogP contribution >= 0.6 is 0 Å². The summed E-state index contributed by atoms with van der Waals surface area (Å²) in [6.45, 7) is 2.91. The molecule has 1 aliphatic rings. The molecule has 0 spiro atoms. The maximum Gasteiger partial charge on any atom is 0.242 e. The maximum absolute atomic E-state index is 12.8. The van der Waals surface area contributed by atoms with E-state index in [0.717, 1.165) is 31.4 Å². The number of carbonyl (C=O) groups excluding carboxylic acids is 1. The summed E-state index contributed by atoms with van der Waals surface area (Å²) >= 11 is 0. The van der Waals surface area contributed by atoms with E-state index < -0.39 is 0 Å². The molecule has 1 N–H and O–H groups in total. The van der Waals surface area contributed by atoms with Crippen molar-refractivity contribution in [3.63, 3.8) is 0 Å². The average Bonchev–Trinajstić information content (AvgIpc) is 3.40. The lowest BCUT2D eigenvalue weighted by atomic mass is 10.0. The van der Waals surface area contributed by atoms with Gasteiger partial charge in [-0.1, -0.05) is 61.5 Å². The number of nitrogens with zero attached hydrogens (tertiary/aromatic N) is 1. The molecule has 1 fully saturated rings. The summed E-state index contributed by atoms with van der Waals surface area (Å²) in [6.07, 6.45) is 3.26. The monoisotopic (exact) mass is 322 g/mol. The number of rotatable bonds is 7. The van der Waals surface area contributed by atoms with E-state index in [-0.39, 0.29) is 11.9 Å². The molecule has 1 amide bonds. The Balaban J connectivity index is 1.76. The van der Waals surface area contributed by atoms with Gasteiger partial charge in [-0.2, -0.15) is 0 Å². The quantitative estimate of drug-likeness (QED) is 0.843. The first-order valence-electron chi connectivity index (χ1n) is 8.80. The second-order valence-corrected chi connectivity index (χ2v) is 6.68. The van der Waals surface area contributed by atoms with Crippen molar-refractivity contribution in [2.45, 2.75) is 44.8 Å². The fraction of sp³-hybridized carbons (Fsp3) is 0.381. The van der Waals surface area contributed by atoms with Gasteiger partial charge in [-0.25, -0.2) is 0 Å². The van der Waals surface area contributed by atoms with Crippen molar-refractivity contribution >= 4 is 5.91 Å². The Morgan fingerprint density at radius 3 is 2.29 bits per heavy atom. The molecule has 1 aliphatic carbocycles. The molecule has 3 nitrogen and oxygen atoms in total. The molecule has 2 aromatic carbocycles. The van der Waals surface area contributed by atoms with E-state index in [1.54, 1.807) is 0 Å². The van der Waals surface area contributed by atoms with Crippen LogP contribution in [-0.2, 0) is 17.8 Å². The Morgan fingerprint density at radius 1 is 1.08 bits per heavy atom. The second-order valence-electron chi connectivity index (χ2n) is 6.68. The zero-order valence-corrected chi connectivity index (χ0v) is 14.5. The zero-order chi connectivity index (χ0) is 16.9. The van der Waals surface area contributed by atoms with Gasteiger partial charge in [-0.15, -0.1) is 0 Å². The number of nitrogens with one attached hydrogen (secondary N) is 1. The summed E-state index contributed by atoms with van der Waals surface area (Å²) in [7, 11) is 2.03. The van der Waals surface area contributed by atoms with Crippen LogP contribution in [0.5, 0.6) is 0 Å². The Morgan fingerprint density at radius 2 is 1.71 bits per heavy atom. The minimum Gasteiger partial charge on any atom is -0.352 e. The van der Waals surface area contributed by atoms with Crippen LogP contribution in [0.1, 0.15) is 42.5 Å². The predicted octanol–water partition coefficient (Wildman–Crippen LogP) is 3.70. The van der Waals surface area contributed by atoms with E-state index in [1.165, 1.54) is 11.1 Å². The third-order valence-corrected chi connectivity index (χ3v) is 4.59. The topological polar surface area (TPSA) is 32.3 Å². The van der Waals surface area contributed by atoms with Crippen molar-refractivity contribution in [3.8, 4) is 0 Å². The summed E-state index contributed by atoms with van der Waals surface area (Å²) in [6, 6.07) is 18.8. The predicted molar refractivity (Wildman–Crippen MR) is 97.6 cm³/mol.